The van der Waals surface area contributed by atoms with Gasteiger partial charge in [0.2, 0.25) is 11.9 Å². The van der Waals surface area contributed by atoms with E-state index in [4.69, 9.17) is 0 Å². The highest BCUT2D eigenvalue weighted by Gasteiger charge is 2.32. The summed E-state index contributed by atoms with van der Waals surface area (Å²) in [7, 11) is 1.78. The highest BCUT2D eigenvalue weighted by Crippen LogP contribution is 2.30. The molecule has 166 valence electrons. The first-order chi connectivity index (χ1) is 15.2. The standard InChI is InChI=1S/C22H21F3N6O/c1-14-7-15(9-17(8-14)28-21-27-4-3-19(29-21)22(23,24)25)16-10-18(12-26-11-16)31-6-5-30(2)20(32)13-31/h3-4,7-12H,5-6,13H2,1-2H3,(H,27,28,29). The number of benzene rings is 1. The van der Waals surface area contributed by atoms with Crippen LogP contribution in [-0.4, -0.2) is 52.4 Å². The fraction of sp³-hybridized carbons (Fsp3) is 0.273. The number of halogens is 3. The summed E-state index contributed by atoms with van der Waals surface area (Å²) in [6, 6.07) is 8.32. The number of alkyl halides is 3. The zero-order valence-corrected chi connectivity index (χ0v) is 17.5. The molecule has 3 heterocycles. The Balaban J connectivity index is 1.60. The molecule has 7 nitrogen and oxygen atoms in total. The number of nitrogens with one attached hydrogen (secondary N) is 1. The maximum atomic E-state index is 12.9. The normalized spacial score (nSPS) is 14.6. The van der Waals surface area contributed by atoms with Gasteiger partial charge in [-0.3, -0.25) is 9.78 Å². The van der Waals surface area contributed by atoms with Gasteiger partial charge in [0.1, 0.15) is 5.69 Å². The van der Waals surface area contributed by atoms with Gasteiger partial charge in [-0.2, -0.15) is 13.2 Å². The first-order valence-corrected chi connectivity index (χ1v) is 9.92. The van der Waals surface area contributed by atoms with E-state index in [9.17, 15) is 18.0 Å². The highest BCUT2D eigenvalue weighted by molar-refractivity contribution is 5.83. The molecule has 0 atom stereocenters. The number of nitrogens with zero attached hydrogens (tertiary/aromatic N) is 5. The smallest absolute Gasteiger partial charge is 0.359 e. The van der Waals surface area contributed by atoms with Crippen molar-refractivity contribution in [2.75, 3.05) is 36.9 Å². The van der Waals surface area contributed by atoms with Gasteiger partial charge in [0.25, 0.3) is 0 Å². The van der Waals surface area contributed by atoms with Gasteiger partial charge in [-0.05, 0) is 42.3 Å². The van der Waals surface area contributed by atoms with Gasteiger partial charge >= 0.3 is 6.18 Å². The number of piperazine rings is 1. The lowest BCUT2D eigenvalue weighted by molar-refractivity contribution is -0.141. The Labute approximate surface area is 182 Å². The number of likely N-dealkylation sites (N-methyl/N-ethyl adjacent to an activating group) is 1. The fourth-order valence-corrected chi connectivity index (χ4v) is 3.47. The Hall–Kier alpha value is -3.69. The zero-order chi connectivity index (χ0) is 22.9. The molecule has 10 heteroatoms. The molecule has 1 aromatic carbocycles. The zero-order valence-electron chi connectivity index (χ0n) is 17.5. The van der Waals surface area contributed by atoms with E-state index < -0.39 is 11.9 Å². The largest absolute Gasteiger partial charge is 0.433 e. The minimum atomic E-state index is -4.55. The van der Waals surface area contributed by atoms with Crippen LogP contribution < -0.4 is 10.2 Å². The molecule has 1 fully saturated rings. The van der Waals surface area contributed by atoms with Gasteiger partial charge in [0, 0.05) is 43.8 Å². The van der Waals surface area contributed by atoms with Crippen LogP contribution in [0.15, 0.2) is 48.9 Å². The highest BCUT2D eigenvalue weighted by atomic mass is 19.4. The SMILES string of the molecule is Cc1cc(Nc2nccc(C(F)(F)F)n2)cc(-c2cncc(N3CCN(C)C(=O)C3)c2)c1. The summed E-state index contributed by atoms with van der Waals surface area (Å²) in [5.41, 5.74) is 2.93. The van der Waals surface area contributed by atoms with E-state index in [2.05, 4.69) is 20.3 Å². The van der Waals surface area contributed by atoms with Crippen molar-refractivity contribution in [1.29, 1.82) is 0 Å². The predicted octanol–water partition coefficient (Wildman–Crippen LogP) is 3.89. The Kier molecular flexibility index (Phi) is 5.68. The summed E-state index contributed by atoms with van der Waals surface area (Å²) in [5, 5.41) is 2.85. The number of aromatic nitrogens is 3. The second-order valence-electron chi connectivity index (χ2n) is 7.64. The Morgan fingerprint density at radius 3 is 2.62 bits per heavy atom. The average Bonchev–Trinajstić information content (AvgIpc) is 2.75. The van der Waals surface area contributed by atoms with E-state index in [1.165, 1.54) is 0 Å². The maximum absolute atomic E-state index is 12.9. The molecular formula is C22H21F3N6O. The van der Waals surface area contributed by atoms with Gasteiger partial charge in [0.05, 0.1) is 18.4 Å². The molecule has 1 amide bonds. The van der Waals surface area contributed by atoms with Gasteiger partial charge in [0.15, 0.2) is 0 Å². The Bertz CT molecular complexity index is 1150. The van der Waals surface area contributed by atoms with E-state index in [1.54, 1.807) is 36.5 Å². The topological polar surface area (TPSA) is 74.2 Å². The van der Waals surface area contributed by atoms with Gasteiger partial charge in [-0.25, -0.2) is 9.97 Å². The predicted molar refractivity (Wildman–Crippen MR) is 115 cm³/mol. The monoisotopic (exact) mass is 442 g/mol. The van der Waals surface area contributed by atoms with Crippen LogP contribution in [0.5, 0.6) is 0 Å². The van der Waals surface area contributed by atoms with Crippen LogP contribution in [0.4, 0.5) is 30.5 Å². The second kappa shape index (κ2) is 8.45. The number of hydrogen-bond acceptors (Lipinski definition) is 6. The van der Waals surface area contributed by atoms with Crippen LogP contribution in [0.2, 0.25) is 0 Å². The van der Waals surface area contributed by atoms with E-state index in [-0.39, 0.29) is 18.4 Å². The number of anilines is 3. The van der Waals surface area contributed by atoms with Crippen LogP contribution in [0, 0.1) is 6.92 Å². The molecule has 1 saturated heterocycles. The lowest BCUT2D eigenvalue weighted by Gasteiger charge is -2.33. The second-order valence-corrected chi connectivity index (χ2v) is 7.64. The molecule has 1 aliphatic heterocycles. The number of carbonyl (C=O) groups is 1. The van der Waals surface area contributed by atoms with Gasteiger partial charge in [-0.15, -0.1) is 0 Å². The number of aryl methyl sites for hydroxylation is 1. The summed E-state index contributed by atoms with van der Waals surface area (Å²) in [6.07, 6.45) is -0.0538. The number of pyridine rings is 1. The molecule has 0 bridgehead atoms. The van der Waals surface area contributed by atoms with Crippen molar-refractivity contribution in [3.8, 4) is 11.1 Å². The van der Waals surface area contributed by atoms with Crippen molar-refractivity contribution in [1.82, 2.24) is 19.9 Å². The minimum absolute atomic E-state index is 0.0461. The maximum Gasteiger partial charge on any atom is 0.433 e. The van der Waals surface area contributed by atoms with Crippen LogP contribution in [0.25, 0.3) is 11.1 Å². The summed E-state index contributed by atoms with van der Waals surface area (Å²) < 4.78 is 38.8. The van der Waals surface area contributed by atoms with E-state index >= 15 is 0 Å². The molecule has 1 aliphatic rings. The van der Waals surface area contributed by atoms with E-state index in [0.717, 1.165) is 34.6 Å². The lowest BCUT2D eigenvalue weighted by atomic mass is 10.0. The van der Waals surface area contributed by atoms with Crippen molar-refractivity contribution in [3.63, 3.8) is 0 Å². The number of amides is 1. The van der Waals surface area contributed by atoms with Crippen molar-refractivity contribution in [3.05, 3.63) is 60.2 Å². The Morgan fingerprint density at radius 1 is 1.06 bits per heavy atom. The Morgan fingerprint density at radius 2 is 1.88 bits per heavy atom. The summed E-state index contributed by atoms with van der Waals surface area (Å²) in [6.45, 7) is 3.52. The number of carbonyl (C=O) groups excluding carboxylic acids is 1. The summed E-state index contributed by atoms with van der Waals surface area (Å²) >= 11 is 0. The fourth-order valence-electron chi connectivity index (χ4n) is 3.47. The van der Waals surface area contributed by atoms with Crippen molar-refractivity contribution in [2.24, 2.45) is 0 Å². The molecule has 0 saturated carbocycles. The molecule has 0 unspecified atom stereocenters. The third-order valence-corrected chi connectivity index (χ3v) is 5.16. The van der Waals surface area contributed by atoms with Crippen LogP contribution in [0.1, 0.15) is 11.3 Å². The summed E-state index contributed by atoms with van der Waals surface area (Å²) in [4.78, 5) is 27.5. The molecule has 0 spiro atoms. The first kappa shape index (κ1) is 21.5. The third-order valence-electron chi connectivity index (χ3n) is 5.16. The van der Waals surface area contributed by atoms with E-state index in [0.29, 0.717) is 18.8 Å². The minimum Gasteiger partial charge on any atom is -0.359 e. The molecule has 4 rings (SSSR count). The number of hydrogen-bond donors (Lipinski definition) is 1. The van der Waals surface area contributed by atoms with Crippen molar-refractivity contribution >= 4 is 23.2 Å². The van der Waals surface area contributed by atoms with Crippen LogP contribution in [-0.2, 0) is 11.0 Å². The molecule has 3 aromatic rings. The molecule has 0 radical (unpaired) electrons. The first-order valence-electron chi connectivity index (χ1n) is 9.92. The quantitative estimate of drug-likeness (QED) is 0.661. The van der Waals surface area contributed by atoms with Gasteiger partial charge in [-0.1, -0.05) is 6.07 Å². The number of rotatable bonds is 4. The molecule has 0 aliphatic carbocycles. The van der Waals surface area contributed by atoms with Crippen LogP contribution in [0.3, 0.4) is 0 Å². The summed E-state index contributed by atoms with van der Waals surface area (Å²) in [5.74, 6) is -0.0935. The molecule has 1 N–H and O–H groups in total. The van der Waals surface area contributed by atoms with Crippen LogP contribution >= 0.6 is 0 Å². The van der Waals surface area contributed by atoms with Crippen molar-refractivity contribution in [2.45, 2.75) is 13.1 Å². The van der Waals surface area contributed by atoms with Crippen molar-refractivity contribution < 1.29 is 18.0 Å². The molecule has 2 aromatic heterocycles. The van der Waals surface area contributed by atoms with Gasteiger partial charge < -0.3 is 15.1 Å². The average molecular weight is 442 g/mol. The molecular weight excluding hydrogens is 421 g/mol. The lowest BCUT2D eigenvalue weighted by Crippen LogP contribution is -2.48. The third kappa shape index (κ3) is 4.79. The van der Waals surface area contributed by atoms with E-state index in [1.807, 2.05) is 24.0 Å². The molecule has 32 heavy (non-hydrogen) atoms.